The monoisotopic (exact) mass is 251 g/mol. The summed E-state index contributed by atoms with van der Waals surface area (Å²) in [6.45, 7) is 0. The van der Waals surface area contributed by atoms with Gasteiger partial charge in [-0.1, -0.05) is 48.5 Å². The molecule has 1 heterocycles. The average molecular weight is 251 g/mol. The van der Waals surface area contributed by atoms with Crippen LogP contribution >= 0.6 is 0 Å². The molecule has 0 radical (unpaired) electrons. The van der Waals surface area contributed by atoms with Gasteiger partial charge in [0.2, 0.25) is 5.91 Å². The van der Waals surface area contributed by atoms with Gasteiger partial charge < -0.3 is 5.32 Å². The molecule has 0 unspecified atom stereocenters. The van der Waals surface area contributed by atoms with Crippen LogP contribution in [0.4, 0.5) is 5.69 Å². The second kappa shape index (κ2) is 4.69. The third-order valence-electron chi connectivity index (χ3n) is 3.34. The summed E-state index contributed by atoms with van der Waals surface area (Å²) in [5.41, 5.74) is 2.47. The van der Waals surface area contributed by atoms with Gasteiger partial charge in [-0.3, -0.25) is 9.59 Å². The molecule has 1 amide bonds. The number of benzene rings is 2. The van der Waals surface area contributed by atoms with E-state index in [1.807, 2.05) is 54.6 Å². The predicted molar refractivity (Wildman–Crippen MR) is 73.0 cm³/mol. The van der Waals surface area contributed by atoms with E-state index >= 15 is 0 Å². The SMILES string of the molecule is O=C(Cc1ccccc1)[C@@H]1C(=O)Nc2ccccc21. The topological polar surface area (TPSA) is 46.2 Å². The molecule has 1 atom stereocenters. The Morgan fingerprint density at radius 2 is 1.68 bits per heavy atom. The lowest BCUT2D eigenvalue weighted by Crippen LogP contribution is -2.22. The molecule has 3 heteroatoms. The number of rotatable bonds is 3. The number of anilines is 1. The van der Waals surface area contributed by atoms with Gasteiger partial charge in [0.15, 0.2) is 5.78 Å². The van der Waals surface area contributed by atoms with Gasteiger partial charge in [0, 0.05) is 12.1 Å². The minimum atomic E-state index is -0.670. The third-order valence-corrected chi connectivity index (χ3v) is 3.34. The molecule has 0 aromatic heterocycles. The van der Waals surface area contributed by atoms with Crippen LogP contribution in [-0.2, 0) is 16.0 Å². The Kier molecular flexibility index (Phi) is 2.88. The maximum absolute atomic E-state index is 12.3. The van der Waals surface area contributed by atoms with E-state index in [2.05, 4.69) is 5.32 Å². The number of hydrogen-bond donors (Lipinski definition) is 1. The lowest BCUT2D eigenvalue weighted by atomic mass is 9.92. The number of nitrogens with one attached hydrogen (secondary N) is 1. The number of hydrogen-bond acceptors (Lipinski definition) is 2. The highest BCUT2D eigenvalue weighted by atomic mass is 16.2. The van der Waals surface area contributed by atoms with Gasteiger partial charge in [-0.05, 0) is 17.2 Å². The van der Waals surface area contributed by atoms with Crippen LogP contribution in [0.2, 0.25) is 0 Å². The highest BCUT2D eigenvalue weighted by molar-refractivity contribution is 6.17. The zero-order chi connectivity index (χ0) is 13.2. The van der Waals surface area contributed by atoms with Crippen molar-refractivity contribution in [2.45, 2.75) is 12.3 Å². The lowest BCUT2D eigenvalue weighted by molar-refractivity contribution is -0.126. The first-order valence-corrected chi connectivity index (χ1v) is 6.22. The van der Waals surface area contributed by atoms with E-state index in [1.54, 1.807) is 0 Å². The van der Waals surface area contributed by atoms with E-state index in [4.69, 9.17) is 0 Å². The largest absolute Gasteiger partial charge is 0.325 e. The fourth-order valence-corrected chi connectivity index (χ4v) is 2.43. The Morgan fingerprint density at radius 1 is 1.00 bits per heavy atom. The Labute approximate surface area is 111 Å². The van der Waals surface area contributed by atoms with Crippen molar-refractivity contribution < 1.29 is 9.59 Å². The smallest absolute Gasteiger partial charge is 0.239 e. The van der Waals surface area contributed by atoms with E-state index in [1.165, 1.54) is 0 Å². The van der Waals surface area contributed by atoms with Gasteiger partial charge in [0.1, 0.15) is 5.92 Å². The fraction of sp³-hybridized carbons (Fsp3) is 0.125. The summed E-state index contributed by atoms with van der Waals surface area (Å²) in [7, 11) is 0. The quantitative estimate of drug-likeness (QED) is 0.852. The van der Waals surface area contributed by atoms with Gasteiger partial charge in [0.05, 0.1) is 0 Å². The van der Waals surface area contributed by atoms with Crippen LogP contribution in [0.15, 0.2) is 54.6 Å². The number of carbonyl (C=O) groups excluding carboxylic acids is 2. The average Bonchev–Trinajstić information content (AvgIpc) is 2.75. The molecule has 0 fully saturated rings. The summed E-state index contributed by atoms with van der Waals surface area (Å²) in [5.74, 6) is -0.952. The maximum atomic E-state index is 12.3. The van der Waals surface area contributed by atoms with E-state index in [0.717, 1.165) is 16.8 Å². The number of para-hydroxylation sites is 1. The van der Waals surface area contributed by atoms with Crippen molar-refractivity contribution in [3.8, 4) is 0 Å². The van der Waals surface area contributed by atoms with Gasteiger partial charge in [-0.25, -0.2) is 0 Å². The molecule has 3 nitrogen and oxygen atoms in total. The first kappa shape index (κ1) is 11.7. The van der Waals surface area contributed by atoms with Gasteiger partial charge in [0.25, 0.3) is 0 Å². The van der Waals surface area contributed by atoms with Crippen molar-refractivity contribution in [2.24, 2.45) is 0 Å². The van der Waals surface area contributed by atoms with Crippen LogP contribution in [-0.4, -0.2) is 11.7 Å². The molecule has 0 saturated carbocycles. The normalized spacial score (nSPS) is 16.8. The van der Waals surface area contributed by atoms with Crippen molar-refractivity contribution in [3.63, 3.8) is 0 Å². The lowest BCUT2D eigenvalue weighted by Gasteiger charge is -2.07. The Bertz CT molecular complexity index is 634. The van der Waals surface area contributed by atoms with Crippen LogP contribution in [0.25, 0.3) is 0 Å². The molecule has 19 heavy (non-hydrogen) atoms. The molecule has 0 spiro atoms. The minimum absolute atomic E-state index is 0.0614. The molecule has 0 saturated heterocycles. The molecule has 94 valence electrons. The zero-order valence-electron chi connectivity index (χ0n) is 10.3. The Hall–Kier alpha value is -2.42. The van der Waals surface area contributed by atoms with E-state index in [0.29, 0.717) is 0 Å². The second-order valence-corrected chi connectivity index (χ2v) is 4.64. The van der Waals surface area contributed by atoms with E-state index in [-0.39, 0.29) is 18.1 Å². The first-order chi connectivity index (χ1) is 9.25. The standard InChI is InChI=1S/C16H13NO2/c18-14(10-11-6-2-1-3-7-11)15-12-8-4-5-9-13(12)17-16(15)19/h1-9,15H,10H2,(H,17,19)/t15-/m1/s1. The highest BCUT2D eigenvalue weighted by Crippen LogP contribution is 2.33. The molecular formula is C16H13NO2. The number of ketones is 1. The molecule has 0 aliphatic carbocycles. The number of amides is 1. The Balaban J connectivity index is 1.86. The molecule has 3 rings (SSSR count). The third kappa shape index (κ3) is 2.15. The van der Waals surface area contributed by atoms with Crippen molar-refractivity contribution in [1.29, 1.82) is 0 Å². The molecule has 2 aromatic carbocycles. The minimum Gasteiger partial charge on any atom is -0.325 e. The number of Topliss-reactive ketones (excluding diaryl/α,β-unsaturated/α-hetero) is 1. The second-order valence-electron chi connectivity index (χ2n) is 4.64. The van der Waals surface area contributed by atoms with Crippen LogP contribution in [0, 0.1) is 0 Å². The summed E-state index contributed by atoms with van der Waals surface area (Å²) in [6, 6.07) is 16.9. The van der Waals surface area contributed by atoms with Gasteiger partial charge in [-0.2, -0.15) is 0 Å². The van der Waals surface area contributed by atoms with Gasteiger partial charge >= 0.3 is 0 Å². The van der Waals surface area contributed by atoms with Crippen molar-refractivity contribution >= 4 is 17.4 Å². The Morgan fingerprint density at radius 3 is 2.47 bits per heavy atom. The molecule has 1 aliphatic heterocycles. The van der Waals surface area contributed by atoms with Crippen molar-refractivity contribution in [3.05, 3.63) is 65.7 Å². The molecule has 1 N–H and O–H groups in total. The number of carbonyl (C=O) groups is 2. The molecule has 0 bridgehead atoms. The number of fused-ring (bicyclic) bond motifs is 1. The highest BCUT2D eigenvalue weighted by Gasteiger charge is 2.35. The van der Waals surface area contributed by atoms with Gasteiger partial charge in [-0.15, -0.1) is 0 Å². The van der Waals surface area contributed by atoms with Crippen molar-refractivity contribution in [1.82, 2.24) is 0 Å². The van der Waals surface area contributed by atoms with Crippen LogP contribution in [0.5, 0.6) is 0 Å². The molecule has 1 aliphatic rings. The van der Waals surface area contributed by atoms with Crippen molar-refractivity contribution in [2.75, 3.05) is 5.32 Å². The zero-order valence-corrected chi connectivity index (χ0v) is 10.3. The summed E-state index contributed by atoms with van der Waals surface area (Å²) >= 11 is 0. The van der Waals surface area contributed by atoms with Crippen LogP contribution in [0.3, 0.4) is 0 Å². The summed E-state index contributed by atoms with van der Waals surface area (Å²) in [6.07, 6.45) is 0.285. The summed E-state index contributed by atoms with van der Waals surface area (Å²) < 4.78 is 0. The molecular weight excluding hydrogens is 238 g/mol. The summed E-state index contributed by atoms with van der Waals surface area (Å²) in [4.78, 5) is 24.3. The fourth-order valence-electron chi connectivity index (χ4n) is 2.43. The first-order valence-electron chi connectivity index (χ1n) is 6.22. The van der Waals surface area contributed by atoms with Crippen LogP contribution in [0.1, 0.15) is 17.0 Å². The van der Waals surface area contributed by atoms with Crippen LogP contribution < -0.4 is 5.32 Å². The predicted octanol–water partition coefficient (Wildman–Crippen LogP) is 2.53. The summed E-state index contributed by atoms with van der Waals surface area (Å²) in [5, 5.41) is 2.75. The van der Waals surface area contributed by atoms with E-state index in [9.17, 15) is 9.59 Å². The van der Waals surface area contributed by atoms with E-state index < -0.39 is 5.92 Å². The maximum Gasteiger partial charge on any atom is 0.239 e. The molecule has 2 aromatic rings.